The van der Waals surface area contributed by atoms with Gasteiger partial charge < -0.3 is 14.4 Å². The van der Waals surface area contributed by atoms with E-state index in [0.29, 0.717) is 13.1 Å². The fraction of sp³-hybridized carbons (Fsp3) is 0.625. The molecule has 2 rings (SSSR count). The third-order valence-corrected chi connectivity index (χ3v) is 5.26. The molecule has 1 atom stereocenters. The van der Waals surface area contributed by atoms with Crippen molar-refractivity contribution in [2.45, 2.75) is 44.1 Å². The zero-order valence-electron chi connectivity index (χ0n) is 14.9. The number of halogens is 2. The SMILES string of the molecule is CC(C)(C)OC(=O)N1CCCC(COc2cnc(Cl)cc2S(=O)(=O)Cl)C1. The fourth-order valence-corrected chi connectivity index (χ4v) is 3.79. The number of likely N-dealkylation sites (tertiary alicyclic amines) is 1. The number of ether oxygens (including phenoxy) is 2. The molecule has 1 aliphatic rings. The lowest BCUT2D eigenvalue weighted by atomic mass is 9.99. The van der Waals surface area contributed by atoms with Gasteiger partial charge in [0.15, 0.2) is 5.75 Å². The Morgan fingerprint density at radius 3 is 2.73 bits per heavy atom. The van der Waals surface area contributed by atoms with Gasteiger partial charge in [0.1, 0.15) is 15.6 Å². The normalized spacial score (nSPS) is 18.5. The van der Waals surface area contributed by atoms with Crippen molar-refractivity contribution in [1.82, 2.24) is 9.88 Å². The molecule has 0 aliphatic carbocycles. The van der Waals surface area contributed by atoms with E-state index in [1.165, 1.54) is 6.20 Å². The number of hydrogen-bond donors (Lipinski definition) is 0. The number of carbonyl (C=O) groups is 1. The minimum Gasteiger partial charge on any atom is -0.490 e. The third kappa shape index (κ3) is 6.17. The van der Waals surface area contributed by atoms with Gasteiger partial charge >= 0.3 is 6.09 Å². The smallest absolute Gasteiger partial charge is 0.410 e. The lowest BCUT2D eigenvalue weighted by Gasteiger charge is -2.34. The van der Waals surface area contributed by atoms with Crippen molar-refractivity contribution >= 4 is 37.4 Å². The maximum Gasteiger partial charge on any atom is 0.410 e. The van der Waals surface area contributed by atoms with Crippen LogP contribution in [0.3, 0.4) is 0 Å². The first-order valence-corrected chi connectivity index (χ1v) is 10.9. The van der Waals surface area contributed by atoms with Crippen LogP contribution in [0.1, 0.15) is 33.6 Å². The highest BCUT2D eigenvalue weighted by molar-refractivity contribution is 8.13. The summed E-state index contributed by atoms with van der Waals surface area (Å²) in [6.45, 7) is 6.77. The van der Waals surface area contributed by atoms with E-state index in [0.717, 1.165) is 18.9 Å². The first-order valence-electron chi connectivity index (χ1n) is 8.16. The van der Waals surface area contributed by atoms with E-state index >= 15 is 0 Å². The average molecular weight is 425 g/mol. The molecule has 0 aromatic carbocycles. The molecule has 10 heteroatoms. The second-order valence-electron chi connectivity index (χ2n) is 7.14. The van der Waals surface area contributed by atoms with E-state index in [9.17, 15) is 13.2 Å². The molecule has 1 aromatic heterocycles. The van der Waals surface area contributed by atoms with Gasteiger partial charge in [0, 0.05) is 29.7 Å². The van der Waals surface area contributed by atoms with E-state index in [1.807, 2.05) is 20.8 Å². The third-order valence-electron chi connectivity index (χ3n) is 3.71. The molecule has 146 valence electrons. The number of piperidine rings is 1. The molecule has 0 bridgehead atoms. The molecule has 1 unspecified atom stereocenters. The highest BCUT2D eigenvalue weighted by Gasteiger charge is 2.28. The largest absolute Gasteiger partial charge is 0.490 e. The molecule has 0 N–H and O–H groups in total. The molecule has 0 saturated carbocycles. The van der Waals surface area contributed by atoms with Crippen molar-refractivity contribution in [3.63, 3.8) is 0 Å². The van der Waals surface area contributed by atoms with Crippen molar-refractivity contribution in [2.24, 2.45) is 5.92 Å². The molecular weight excluding hydrogens is 403 g/mol. The first-order chi connectivity index (χ1) is 12.0. The van der Waals surface area contributed by atoms with Crippen LogP contribution >= 0.6 is 22.3 Å². The second kappa shape index (κ2) is 8.19. The maximum atomic E-state index is 12.2. The number of hydrogen-bond acceptors (Lipinski definition) is 6. The standard InChI is InChI=1S/C16H22Cl2N2O5S/c1-16(2,3)25-15(21)20-6-4-5-11(9-20)10-24-12-8-19-14(17)7-13(12)26(18,22)23/h7-8,11H,4-6,9-10H2,1-3H3. The van der Waals surface area contributed by atoms with Crippen molar-refractivity contribution in [3.8, 4) is 5.75 Å². The molecule has 0 radical (unpaired) electrons. The minimum atomic E-state index is -4.02. The van der Waals surface area contributed by atoms with Crippen LogP contribution in [0.25, 0.3) is 0 Å². The van der Waals surface area contributed by atoms with Crippen molar-refractivity contribution in [1.29, 1.82) is 0 Å². The number of rotatable bonds is 4. The molecule has 26 heavy (non-hydrogen) atoms. The summed E-state index contributed by atoms with van der Waals surface area (Å²) in [6, 6.07) is 1.15. The van der Waals surface area contributed by atoms with Crippen LogP contribution in [-0.2, 0) is 13.8 Å². The van der Waals surface area contributed by atoms with E-state index in [-0.39, 0.29) is 34.4 Å². The molecule has 7 nitrogen and oxygen atoms in total. The van der Waals surface area contributed by atoms with Crippen molar-refractivity contribution in [2.75, 3.05) is 19.7 Å². The van der Waals surface area contributed by atoms with Gasteiger partial charge in [-0.2, -0.15) is 0 Å². The van der Waals surface area contributed by atoms with E-state index < -0.39 is 14.7 Å². The quantitative estimate of drug-likeness (QED) is 0.540. The summed E-state index contributed by atoms with van der Waals surface area (Å²) in [5, 5.41) is 0.00495. The lowest BCUT2D eigenvalue weighted by Crippen LogP contribution is -2.44. The zero-order valence-corrected chi connectivity index (χ0v) is 17.2. The van der Waals surface area contributed by atoms with Gasteiger partial charge in [-0.3, -0.25) is 0 Å². The van der Waals surface area contributed by atoms with Crippen LogP contribution in [-0.4, -0.2) is 49.7 Å². The zero-order chi connectivity index (χ0) is 19.5. The van der Waals surface area contributed by atoms with Crippen LogP contribution < -0.4 is 4.74 Å². The molecular formula is C16H22Cl2N2O5S. The molecule has 1 amide bonds. The number of aromatic nitrogens is 1. The van der Waals surface area contributed by atoms with Gasteiger partial charge in [0.05, 0.1) is 12.8 Å². The van der Waals surface area contributed by atoms with Crippen LogP contribution in [0.2, 0.25) is 5.15 Å². The average Bonchev–Trinajstić information content (AvgIpc) is 2.51. The number of pyridine rings is 1. The van der Waals surface area contributed by atoms with E-state index in [4.69, 9.17) is 31.8 Å². The van der Waals surface area contributed by atoms with Gasteiger partial charge in [-0.05, 0) is 39.7 Å². The Morgan fingerprint density at radius 1 is 1.42 bits per heavy atom. The fourth-order valence-electron chi connectivity index (χ4n) is 2.60. The maximum absolute atomic E-state index is 12.2. The van der Waals surface area contributed by atoms with Crippen LogP contribution in [0.4, 0.5) is 4.79 Å². The Kier molecular flexibility index (Phi) is 6.63. The Morgan fingerprint density at radius 2 is 2.12 bits per heavy atom. The summed E-state index contributed by atoms with van der Waals surface area (Å²) in [7, 11) is 1.40. The van der Waals surface area contributed by atoms with Gasteiger partial charge in [-0.15, -0.1) is 0 Å². The molecule has 0 spiro atoms. The van der Waals surface area contributed by atoms with Gasteiger partial charge in [-0.25, -0.2) is 18.2 Å². The highest BCUT2D eigenvalue weighted by atomic mass is 35.7. The molecule has 1 saturated heterocycles. The molecule has 2 heterocycles. The summed E-state index contributed by atoms with van der Waals surface area (Å²) < 4.78 is 34.3. The minimum absolute atomic E-state index is 0.00495. The summed E-state index contributed by atoms with van der Waals surface area (Å²) in [4.78, 5) is 17.4. The summed E-state index contributed by atoms with van der Waals surface area (Å²) >= 11 is 5.73. The summed E-state index contributed by atoms with van der Waals surface area (Å²) in [6.07, 6.45) is 2.53. The molecule has 1 fully saturated rings. The van der Waals surface area contributed by atoms with Crippen molar-refractivity contribution < 1.29 is 22.7 Å². The second-order valence-corrected chi connectivity index (χ2v) is 10.1. The Bertz CT molecular complexity index is 764. The van der Waals surface area contributed by atoms with Gasteiger partial charge in [0.2, 0.25) is 0 Å². The summed E-state index contributed by atoms with van der Waals surface area (Å²) in [5.74, 6) is 0.0802. The Labute approximate surface area is 163 Å². The number of carbonyl (C=O) groups excluding carboxylic acids is 1. The van der Waals surface area contributed by atoms with E-state index in [2.05, 4.69) is 4.98 Å². The first kappa shape index (κ1) is 21.1. The van der Waals surface area contributed by atoms with Crippen LogP contribution in [0, 0.1) is 5.92 Å². The van der Waals surface area contributed by atoms with Gasteiger partial charge in [-0.1, -0.05) is 11.6 Å². The number of amides is 1. The van der Waals surface area contributed by atoms with Crippen LogP contribution in [0.15, 0.2) is 17.2 Å². The molecule has 1 aromatic rings. The topological polar surface area (TPSA) is 85.8 Å². The Balaban J connectivity index is 2.01. The summed E-state index contributed by atoms with van der Waals surface area (Å²) in [5.41, 5.74) is -0.556. The van der Waals surface area contributed by atoms with Crippen molar-refractivity contribution in [3.05, 3.63) is 17.4 Å². The lowest BCUT2D eigenvalue weighted by molar-refractivity contribution is 0.0138. The molecule has 1 aliphatic heterocycles. The Hall–Kier alpha value is -1.25. The van der Waals surface area contributed by atoms with E-state index in [1.54, 1.807) is 4.90 Å². The monoisotopic (exact) mass is 424 g/mol. The number of nitrogens with zero attached hydrogens (tertiary/aromatic N) is 2. The highest BCUT2D eigenvalue weighted by Crippen LogP contribution is 2.29. The van der Waals surface area contributed by atoms with Gasteiger partial charge in [0.25, 0.3) is 9.05 Å². The predicted octanol–water partition coefficient (Wildman–Crippen LogP) is 3.69. The predicted molar refractivity (Wildman–Crippen MR) is 98.3 cm³/mol. The van der Waals surface area contributed by atoms with Crippen LogP contribution in [0.5, 0.6) is 5.75 Å².